The molecule has 0 aromatic heterocycles. The summed E-state index contributed by atoms with van der Waals surface area (Å²) in [5.74, 6) is 0.584. The SMILES string of the molecule is CCCCN(CCCC)CC(O)C1CCCC1. The van der Waals surface area contributed by atoms with Gasteiger partial charge < -0.3 is 10.0 Å². The topological polar surface area (TPSA) is 23.5 Å². The van der Waals surface area contributed by atoms with Crippen LogP contribution in [0.2, 0.25) is 0 Å². The average Bonchev–Trinajstić information content (AvgIpc) is 2.86. The first-order valence-corrected chi connectivity index (χ1v) is 7.68. The number of aliphatic hydroxyl groups excluding tert-OH is 1. The average molecular weight is 241 g/mol. The van der Waals surface area contributed by atoms with E-state index in [0.717, 1.165) is 6.54 Å². The molecule has 1 rings (SSSR count). The maximum Gasteiger partial charge on any atom is 0.0695 e. The van der Waals surface area contributed by atoms with E-state index in [2.05, 4.69) is 18.7 Å². The number of aliphatic hydroxyl groups is 1. The maximum absolute atomic E-state index is 10.3. The van der Waals surface area contributed by atoms with Crippen LogP contribution in [0.15, 0.2) is 0 Å². The summed E-state index contributed by atoms with van der Waals surface area (Å²) in [4.78, 5) is 2.48. The summed E-state index contributed by atoms with van der Waals surface area (Å²) in [5.41, 5.74) is 0. The van der Waals surface area contributed by atoms with E-state index in [0.29, 0.717) is 5.92 Å². The molecule has 1 unspecified atom stereocenters. The van der Waals surface area contributed by atoms with Crippen LogP contribution >= 0.6 is 0 Å². The minimum Gasteiger partial charge on any atom is -0.392 e. The maximum atomic E-state index is 10.3. The Morgan fingerprint density at radius 3 is 2.06 bits per heavy atom. The van der Waals surface area contributed by atoms with Gasteiger partial charge in [-0.15, -0.1) is 0 Å². The largest absolute Gasteiger partial charge is 0.392 e. The highest BCUT2D eigenvalue weighted by Gasteiger charge is 2.24. The molecule has 0 aromatic rings. The van der Waals surface area contributed by atoms with E-state index >= 15 is 0 Å². The van der Waals surface area contributed by atoms with Crippen molar-refractivity contribution < 1.29 is 5.11 Å². The molecule has 0 aliphatic heterocycles. The Balaban J connectivity index is 2.28. The van der Waals surface area contributed by atoms with Crippen LogP contribution in [-0.2, 0) is 0 Å². The molecule has 1 aliphatic carbocycles. The molecule has 0 heterocycles. The Bertz CT molecular complexity index is 170. The quantitative estimate of drug-likeness (QED) is 0.668. The molecule has 1 saturated carbocycles. The third-order valence-corrected chi connectivity index (χ3v) is 4.05. The van der Waals surface area contributed by atoms with Crippen LogP contribution in [0.1, 0.15) is 65.2 Å². The summed E-state index contributed by atoms with van der Waals surface area (Å²) in [6.45, 7) is 7.72. The minimum absolute atomic E-state index is 0.0776. The Labute approximate surface area is 107 Å². The predicted octanol–water partition coefficient (Wildman–Crippen LogP) is 3.44. The van der Waals surface area contributed by atoms with Gasteiger partial charge in [-0.1, -0.05) is 39.5 Å². The molecule has 1 N–H and O–H groups in total. The van der Waals surface area contributed by atoms with Gasteiger partial charge in [0.05, 0.1) is 6.10 Å². The lowest BCUT2D eigenvalue weighted by molar-refractivity contribution is 0.0645. The Morgan fingerprint density at radius 1 is 1.06 bits per heavy atom. The third-order valence-electron chi connectivity index (χ3n) is 4.05. The van der Waals surface area contributed by atoms with E-state index in [4.69, 9.17) is 0 Å². The lowest BCUT2D eigenvalue weighted by atomic mass is 10.0. The Hall–Kier alpha value is -0.0800. The van der Waals surface area contributed by atoms with Crippen LogP contribution in [0.5, 0.6) is 0 Å². The van der Waals surface area contributed by atoms with Gasteiger partial charge in [-0.05, 0) is 44.7 Å². The van der Waals surface area contributed by atoms with E-state index in [1.807, 2.05) is 0 Å². The second kappa shape index (κ2) is 8.93. The molecule has 1 atom stereocenters. The molecular weight excluding hydrogens is 210 g/mol. The molecule has 1 fully saturated rings. The van der Waals surface area contributed by atoms with E-state index in [9.17, 15) is 5.11 Å². The van der Waals surface area contributed by atoms with Gasteiger partial charge in [-0.25, -0.2) is 0 Å². The molecule has 0 aromatic carbocycles. The second-order valence-corrected chi connectivity index (χ2v) is 5.62. The zero-order chi connectivity index (χ0) is 12.5. The lowest BCUT2D eigenvalue weighted by Gasteiger charge is -2.27. The van der Waals surface area contributed by atoms with Gasteiger partial charge in [0.1, 0.15) is 0 Å². The summed E-state index contributed by atoms with van der Waals surface area (Å²) in [7, 11) is 0. The van der Waals surface area contributed by atoms with Crippen molar-refractivity contribution in [2.24, 2.45) is 5.92 Å². The second-order valence-electron chi connectivity index (χ2n) is 5.62. The minimum atomic E-state index is -0.0776. The van der Waals surface area contributed by atoms with Gasteiger partial charge in [0, 0.05) is 6.54 Å². The summed E-state index contributed by atoms with van der Waals surface area (Å²) >= 11 is 0. The van der Waals surface area contributed by atoms with Crippen LogP contribution in [0.3, 0.4) is 0 Å². The van der Waals surface area contributed by atoms with Crippen LogP contribution < -0.4 is 0 Å². The van der Waals surface area contributed by atoms with Gasteiger partial charge >= 0.3 is 0 Å². The fourth-order valence-corrected chi connectivity index (χ4v) is 2.81. The normalized spacial score (nSPS) is 19.1. The molecule has 1 aliphatic rings. The summed E-state index contributed by atoms with van der Waals surface area (Å²) in [6, 6.07) is 0. The number of hydrogen-bond acceptors (Lipinski definition) is 2. The van der Waals surface area contributed by atoms with Crippen molar-refractivity contribution >= 4 is 0 Å². The molecule has 2 nitrogen and oxygen atoms in total. The molecule has 0 amide bonds. The van der Waals surface area contributed by atoms with Crippen molar-refractivity contribution in [2.45, 2.75) is 71.3 Å². The standard InChI is InChI=1S/C15H31NO/c1-3-5-11-16(12-6-4-2)13-15(17)14-9-7-8-10-14/h14-15,17H,3-13H2,1-2H3. The van der Waals surface area contributed by atoms with Crippen molar-refractivity contribution in [1.82, 2.24) is 4.90 Å². The van der Waals surface area contributed by atoms with Crippen molar-refractivity contribution in [3.63, 3.8) is 0 Å². The fraction of sp³-hybridized carbons (Fsp3) is 1.00. The lowest BCUT2D eigenvalue weighted by Crippen LogP contribution is -2.37. The number of rotatable bonds is 9. The molecular formula is C15H31NO. The van der Waals surface area contributed by atoms with Gasteiger partial charge in [-0.3, -0.25) is 0 Å². The van der Waals surface area contributed by atoms with Gasteiger partial charge in [0.15, 0.2) is 0 Å². The van der Waals surface area contributed by atoms with Crippen molar-refractivity contribution in [3.05, 3.63) is 0 Å². The third kappa shape index (κ3) is 5.87. The molecule has 102 valence electrons. The van der Waals surface area contributed by atoms with Gasteiger partial charge in [0.2, 0.25) is 0 Å². The summed E-state index contributed by atoms with van der Waals surface area (Å²) in [6.07, 6.45) is 10.1. The fourth-order valence-electron chi connectivity index (χ4n) is 2.81. The zero-order valence-corrected chi connectivity index (χ0v) is 11.8. The molecule has 0 radical (unpaired) electrons. The van der Waals surface area contributed by atoms with Crippen molar-refractivity contribution in [2.75, 3.05) is 19.6 Å². The molecule has 0 spiro atoms. The number of nitrogens with zero attached hydrogens (tertiary/aromatic N) is 1. The summed E-state index contributed by atoms with van der Waals surface area (Å²) in [5, 5.41) is 10.3. The first-order valence-electron chi connectivity index (χ1n) is 7.68. The first kappa shape index (κ1) is 15.0. The number of hydrogen-bond donors (Lipinski definition) is 1. The van der Waals surface area contributed by atoms with E-state index < -0.39 is 0 Å². The molecule has 0 saturated heterocycles. The molecule has 0 bridgehead atoms. The highest BCUT2D eigenvalue weighted by Crippen LogP contribution is 2.28. The Morgan fingerprint density at radius 2 is 1.59 bits per heavy atom. The molecule has 17 heavy (non-hydrogen) atoms. The van der Waals surface area contributed by atoms with Crippen molar-refractivity contribution in [1.29, 1.82) is 0 Å². The predicted molar refractivity (Wildman–Crippen MR) is 74.2 cm³/mol. The van der Waals surface area contributed by atoms with E-state index in [1.165, 1.54) is 64.5 Å². The first-order chi connectivity index (χ1) is 8.27. The highest BCUT2D eigenvalue weighted by atomic mass is 16.3. The Kier molecular flexibility index (Phi) is 7.87. The van der Waals surface area contributed by atoms with E-state index in [1.54, 1.807) is 0 Å². The monoisotopic (exact) mass is 241 g/mol. The van der Waals surface area contributed by atoms with Gasteiger partial charge in [-0.2, -0.15) is 0 Å². The van der Waals surface area contributed by atoms with E-state index in [-0.39, 0.29) is 6.10 Å². The summed E-state index contributed by atoms with van der Waals surface area (Å²) < 4.78 is 0. The van der Waals surface area contributed by atoms with Crippen LogP contribution in [-0.4, -0.2) is 35.7 Å². The zero-order valence-electron chi connectivity index (χ0n) is 11.8. The van der Waals surface area contributed by atoms with Crippen molar-refractivity contribution in [3.8, 4) is 0 Å². The number of unbranched alkanes of at least 4 members (excludes halogenated alkanes) is 2. The molecule has 2 heteroatoms. The van der Waals surface area contributed by atoms with Crippen LogP contribution in [0.4, 0.5) is 0 Å². The van der Waals surface area contributed by atoms with Crippen LogP contribution in [0, 0.1) is 5.92 Å². The van der Waals surface area contributed by atoms with Gasteiger partial charge in [0.25, 0.3) is 0 Å². The van der Waals surface area contributed by atoms with Crippen LogP contribution in [0.25, 0.3) is 0 Å². The smallest absolute Gasteiger partial charge is 0.0695 e. The highest BCUT2D eigenvalue weighted by molar-refractivity contribution is 4.77.